The van der Waals surface area contributed by atoms with E-state index in [1.165, 1.54) is 11.8 Å². The smallest absolute Gasteiger partial charge is 0.280 e. The van der Waals surface area contributed by atoms with Crippen molar-refractivity contribution >= 4 is 28.7 Å². The van der Waals surface area contributed by atoms with Crippen molar-refractivity contribution in [1.82, 2.24) is 24.6 Å². The van der Waals surface area contributed by atoms with Gasteiger partial charge in [-0.3, -0.25) is 18.8 Å². The van der Waals surface area contributed by atoms with Gasteiger partial charge in [0.1, 0.15) is 5.52 Å². The molecule has 0 saturated heterocycles. The predicted molar refractivity (Wildman–Crippen MR) is 91.9 cm³/mol. The molecule has 2 aromatic heterocycles. The molecule has 126 valence electrons. The van der Waals surface area contributed by atoms with E-state index < -0.39 is 0 Å². The molecule has 0 aliphatic carbocycles. The molecule has 0 unspecified atom stereocenters. The summed E-state index contributed by atoms with van der Waals surface area (Å²) in [5.41, 5.74) is 1.78. The monoisotopic (exact) mass is 337 g/mol. The van der Waals surface area contributed by atoms with Crippen LogP contribution >= 0.6 is 11.8 Å². The summed E-state index contributed by atoms with van der Waals surface area (Å²) in [7, 11) is 0. The SMILES string of the molecule is CCn1c(SCC(=O)NC(C)C)nc2c(C)nn(CC)c2c1=O. The molecule has 0 bridgehead atoms. The van der Waals surface area contributed by atoms with Crippen LogP contribution in [-0.4, -0.2) is 37.0 Å². The van der Waals surface area contributed by atoms with Crippen molar-refractivity contribution in [3.63, 3.8) is 0 Å². The van der Waals surface area contributed by atoms with E-state index in [2.05, 4.69) is 15.4 Å². The Morgan fingerprint density at radius 2 is 2.00 bits per heavy atom. The van der Waals surface area contributed by atoms with E-state index in [1.807, 2.05) is 34.6 Å². The van der Waals surface area contributed by atoms with E-state index in [4.69, 9.17) is 0 Å². The van der Waals surface area contributed by atoms with Gasteiger partial charge in [0.15, 0.2) is 10.7 Å². The molecule has 23 heavy (non-hydrogen) atoms. The van der Waals surface area contributed by atoms with E-state index in [0.29, 0.717) is 29.3 Å². The summed E-state index contributed by atoms with van der Waals surface area (Å²) < 4.78 is 3.29. The molecular weight excluding hydrogens is 314 g/mol. The molecule has 0 saturated carbocycles. The second-order valence-electron chi connectivity index (χ2n) is 5.55. The number of hydrogen-bond acceptors (Lipinski definition) is 5. The number of fused-ring (bicyclic) bond motifs is 1. The average Bonchev–Trinajstić information content (AvgIpc) is 2.81. The van der Waals surface area contributed by atoms with Gasteiger partial charge in [0.25, 0.3) is 5.56 Å². The molecule has 0 aliphatic heterocycles. The number of rotatable bonds is 6. The van der Waals surface area contributed by atoms with Crippen molar-refractivity contribution in [3.05, 3.63) is 16.0 Å². The first-order chi connectivity index (χ1) is 10.9. The number of carbonyl (C=O) groups excluding carboxylic acids is 1. The summed E-state index contributed by atoms with van der Waals surface area (Å²) in [6, 6.07) is 0.0944. The van der Waals surface area contributed by atoms with Gasteiger partial charge in [-0.25, -0.2) is 4.98 Å². The maximum atomic E-state index is 12.7. The molecule has 1 amide bonds. The highest BCUT2D eigenvalue weighted by Gasteiger charge is 2.18. The lowest BCUT2D eigenvalue weighted by molar-refractivity contribution is -0.119. The summed E-state index contributed by atoms with van der Waals surface area (Å²) in [5, 5.41) is 7.77. The topological polar surface area (TPSA) is 81.8 Å². The molecular formula is C15H23N5O2S. The number of aryl methyl sites for hydroxylation is 2. The molecule has 0 spiro atoms. The summed E-state index contributed by atoms with van der Waals surface area (Å²) in [6.07, 6.45) is 0. The van der Waals surface area contributed by atoms with Crippen molar-refractivity contribution < 1.29 is 4.79 Å². The van der Waals surface area contributed by atoms with Crippen LogP contribution in [0.1, 0.15) is 33.4 Å². The molecule has 8 heteroatoms. The van der Waals surface area contributed by atoms with Crippen LogP contribution in [0.4, 0.5) is 0 Å². The minimum absolute atomic E-state index is 0.0667. The quantitative estimate of drug-likeness (QED) is 0.639. The first-order valence-corrected chi connectivity index (χ1v) is 8.77. The van der Waals surface area contributed by atoms with Gasteiger partial charge in [0.2, 0.25) is 5.91 Å². The van der Waals surface area contributed by atoms with Crippen LogP contribution in [0.5, 0.6) is 0 Å². The molecule has 0 atom stereocenters. The van der Waals surface area contributed by atoms with Gasteiger partial charge in [0.05, 0.1) is 11.4 Å². The highest BCUT2D eigenvalue weighted by molar-refractivity contribution is 7.99. The maximum absolute atomic E-state index is 12.7. The highest BCUT2D eigenvalue weighted by atomic mass is 32.2. The molecule has 7 nitrogen and oxygen atoms in total. The summed E-state index contributed by atoms with van der Waals surface area (Å²) >= 11 is 1.28. The zero-order valence-corrected chi connectivity index (χ0v) is 15.0. The first kappa shape index (κ1) is 17.5. The normalized spacial score (nSPS) is 11.4. The fraction of sp³-hybridized carbons (Fsp3) is 0.600. The Morgan fingerprint density at radius 1 is 1.30 bits per heavy atom. The number of amides is 1. The van der Waals surface area contributed by atoms with Crippen LogP contribution in [0.15, 0.2) is 9.95 Å². The Bertz CT molecular complexity index is 778. The maximum Gasteiger partial charge on any atom is 0.280 e. The van der Waals surface area contributed by atoms with Crippen LogP contribution in [0.3, 0.4) is 0 Å². The van der Waals surface area contributed by atoms with Crippen LogP contribution in [0, 0.1) is 6.92 Å². The molecule has 1 N–H and O–H groups in total. The van der Waals surface area contributed by atoms with Gasteiger partial charge in [-0.1, -0.05) is 11.8 Å². The van der Waals surface area contributed by atoms with Gasteiger partial charge in [0, 0.05) is 19.1 Å². The molecule has 0 aliphatic rings. The highest BCUT2D eigenvalue weighted by Crippen LogP contribution is 2.19. The van der Waals surface area contributed by atoms with Crippen molar-refractivity contribution in [2.75, 3.05) is 5.75 Å². The lowest BCUT2D eigenvalue weighted by atomic mass is 10.3. The molecule has 2 rings (SSSR count). The Balaban J connectivity index is 2.42. The number of thioether (sulfide) groups is 1. The number of hydrogen-bond donors (Lipinski definition) is 1. The Hall–Kier alpha value is -1.83. The van der Waals surface area contributed by atoms with Crippen molar-refractivity contribution in [2.45, 2.75) is 58.9 Å². The average molecular weight is 337 g/mol. The van der Waals surface area contributed by atoms with Gasteiger partial charge < -0.3 is 5.32 Å². The zero-order chi connectivity index (χ0) is 17.1. The second kappa shape index (κ2) is 7.16. The number of carbonyl (C=O) groups is 1. The lowest BCUT2D eigenvalue weighted by Gasteiger charge is -2.11. The van der Waals surface area contributed by atoms with Crippen molar-refractivity contribution in [2.24, 2.45) is 0 Å². The summed E-state index contributed by atoms with van der Waals surface area (Å²) in [6.45, 7) is 10.6. The number of nitrogens with one attached hydrogen (secondary N) is 1. The minimum atomic E-state index is -0.105. The summed E-state index contributed by atoms with van der Waals surface area (Å²) in [4.78, 5) is 29.2. The third-order valence-electron chi connectivity index (χ3n) is 3.38. The minimum Gasteiger partial charge on any atom is -0.353 e. The van der Waals surface area contributed by atoms with Crippen molar-refractivity contribution in [3.8, 4) is 0 Å². The third-order valence-corrected chi connectivity index (χ3v) is 4.36. The summed E-state index contributed by atoms with van der Waals surface area (Å²) in [5.74, 6) is 0.167. The molecule has 0 aromatic carbocycles. The Morgan fingerprint density at radius 3 is 2.57 bits per heavy atom. The van der Waals surface area contributed by atoms with Crippen LogP contribution in [0.2, 0.25) is 0 Å². The van der Waals surface area contributed by atoms with Gasteiger partial charge >= 0.3 is 0 Å². The molecule has 2 heterocycles. The number of nitrogens with zero attached hydrogens (tertiary/aromatic N) is 4. The van der Waals surface area contributed by atoms with E-state index in [0.717, 1.165) is 5.69 Å². The van der Waals surface area contributed by atoms with E-state index >= 15 is 0 Å². The second-order valence-corrected chi connectivity index (χ2v) is 6.50. The lowest BCUT2D eigenvalue weighted by Crippen LogP contribution is -2.32. The fourth-order valence-corrected chi connectivity index (χ4v) is 3.27. The van der Waals surface area contributed by atoms with Crippen molar-refractivity contribution in [1.29, 1.82) is 0 Å². The Labute approximate surface area is 139 Å². The van der Waals surface area contributed by atoms with Gasteiger partial charge in [-0.15, -0.1) is 0 Å². The van der Waals surface area contributed by atoms with E-state index in [-0.39, 0.29) is 23.3 Å². The van der Waals surface area contributed by atoms with Gasteiger partial charge in [-0.05, 0) is 34.6 Å². The van der Waals surface area contributed by atoms with Crippen LogP contribution in [0.25, 0.3) is 11.0 Å². The van der Waals surface area contributed by atoms with E-state index in [1.54, 1.807) is 9.25 Å². The van der Waals surface area contributed by atoms with Crippen LogP contribution < -0.4 is 10.9 Å². The molecule has 0 fully saturated rings. The predicted octanol–water partition coefficient (Wildman–Crippen LogP) is 1.56. The number of aromatic nitrogens is 4. The standard InChI is InChI=1S/C15H23N5O2S/c1-6-19-14(22)13-12(10(5)18-20(13)7-2)17-15(19)23-8-11(21)16-9(3)4/h9H,6-8H2,1-5H3,(H,16,21). The zero-order valence-electron chi connectivity index (χ0n) is 14.2. The Kier molecular flexibility index (Phi) is 5.46. The largest absolute Gasteiger partial charge is 0.353 e. The first-order valence-electron chi connectivity index (χ1n) is 7.79. The van der Waals surface area contributed by atoms with Crippen LogP contribution in [-0.2, 0) is 17.9 Å². The van der Waals surface area contributed by atoms with E-state index in [9.17, 15) is 9.59 Å². The molecule has 0 radical (unpaired) electrons. The molecule has 2 aromatic rings. The third kappa shape index (κ3) is 3.57. The fourth-order valence-electron chi connectivity index (χ4n) is 2.40. The van der Waals surface area contributed by atoms with Gasteiger partial charge in [-0.2, -0.15) is 5.10 Å².